The van der Waals surface area contributed by atoms with E-state index in [0.717, 1.165) is 32.1 Å². The van der Waals surface area contributed by atoms with Crippen LogP contribution in [0.25, 0.3) is 11.1 Å². The van der Waals surface area contributed by atoms with Crippen LogP contribution in [0, 0.1) is 5.92 Å². The summed E-state index contributed by atoms with van der Waals surface area (Å²) in [5.74, 6) is 0.665. The number of aliphatic hydroxyl groups is 1. The lowest BCUT2D eigenvalue weighted by atomic mass is 9.73. The SMILES string of the molecule is CC(C)CCC1(O)CC2CCCC(C1)N2C(=O)OCC1c2ccccc2-c2ccccc21. The zero-order chi connectivity index (χ0) is 22.3. The predicted molar refractivity (Wildman–Crippen MR) is 127 cm³/mol. The summed E-state index contributed by atoms with van der Waals surface area (Å²) < 4.78 is 5.99. The van der Waals surface area contributed by atoms with E-state index in [1.165, 1.54) is 22.3 Å². The smallest absolute Gasteiger partial charge is 0.410 e. The number of hydrogen-bond acceptors (Lipinski definition) is 3. The second-order valence-corrected chi connectivity index (χ2v) is 10.5. The Labute approximate surface area is 191 Å². The van der Waals surface area contributed by atoms with Gasteiger partial charge in [-0.3, -0.25) is 0 Å². The zero-order valence-electron chi connectivity index (χ0n) is 19.3. The number of carbonyl (C=O) groups is 1. The van der Waals surface area contributed by atoms with Crippen LogP contribution in [0.1, 0.15) is 75.8 Å². The maximum Gasteiger partial charge on any atom is 0.410 e. The van der Waals surface area contributed by atoms with Crippen LogP contribution in [0.4, 0.5) is 4.79 Å². The number of benzene rings is 2. The summed E-state index contributed by atoms with van der Waals surface area (Å²) >= 11 is 0. The first-order valence-corrected chi connectivity index (χ1v) is 12.3. The normalized spacial score (nSPS) is 26.7. The maximum atomic E-state index is 13.3. The van der Waals surface area contributed by atoms with Crippen LogP contribution in [-0.2, 0) is 4.74 Å². The van der Waals surface area contributed by atoms with Gasteiger partial charge in [0, 0.05) is 18.0 Å². The van der Waals surface area contributed by atoms with Crippen LogP contribution in [0.5, 0.6) is 0 Å². The third-order valence-electron chi connectivity index (χ3n) is 7.83. The molecule has 3 aliphatic rings. The topological polar surface area (TPSA) is 49.8 Å². The third-order valence-corrected chi connectivity index (χ3v) is 7.83. The van der Waals surface area contributed by atoms with Gasteiger partial charge in [-0.1, -0.05) is 62.4 Å². The van der Waals surface area contributed by atoms with E-state index in [0.29, 0.717) is 25.4 Å². The molecule has 2 saturated heterocycles. The quantitative estimate of drug-likeness (QED) is 0.618. The summed E-state index contributed by atoms with van der Waals surface area (Å²) in [6.45, 7) is 4.77. The minimum atomic E-state index is -0.639. The zero-order valence-corrected chi connectivity index (χ0v) is 19.3. The molecule has 2 aromatic carbocycles. The molecule has 2 aromatic rings. The molecule has 4 heteroatoms. The molecule has 0 saturated carbocycles. The highest BCUT2D eigenvalue weighted by atomic mass is 16.6. The number of rotatable bonds is 5. The minimum Gasteiger partial charge on any atom is -0.448 e. The van der Waals surface area contributed by atoms with Gasteiger partial charge in [-0.05, 0) is 73.1 Å². The Morgan fingerprint density at radius 3 is 2.16 bits per heavy atom. The van der Waals surface area contributed by atoms with Gasteiger partial charge in [0.2, 0.25) is 0 Å². The third kappa shape index (κ3) is 3.94. The van der Waals surface area contributed by atoms with Crippen molar-refractivity contribution in [3.05, 3.63) is 59.7 Å². The number of carbonyl (C=O) groups excluding carboxylic acids is 1. The number of hydrogen-bond donors (Lipinski definition) is 1. The van der Waals surface area contributed by atoms with Crippen LogP contribution >= 0.6 is 0 Å². The van der Waals surface area contributed by atoms with Crippen molar-refractivity contribution in [2.24, 2.45) is 5.92 Å². The second kappa shape index (κ2) is 8.55. The fourth-order valence-electron chi connectivity index (χ4n) is 6.25. The molecule has 32 heavy (non-hydrogen) atoms. The molecule has 2 aliphatic heterocycles. The summed E-state index contributed by atoms with van der Waals surface area (Å²) in [5, 5.41) is 11.3. The number of piperidine rings is 2. The Morgan fingerprint density at radius 2 is 1.59 bits per heavy atom. The van der Waals surface area contributed by atoms with Gasteiger partial charge in [-0.2, -0.15) is 0 Å². The van der Waals surface area contributed by atoms with Gasteiger partial charge in [-0.15, -0.1) is 0 Å². The first kappa shape index (κ1) is 21.5. The molecule has 2 heterocycles. The van der Waals surface area contributed by atoms with Gasteiger partial charge in [0.1, 0.15) is 6.61 Å². The van der Waals surface area contributed by atoms with Crippen molar-refractivity contribution in [3.63, 3.8) is 0 Å². The van der Waals surface area contributed by atoms with Crippen LogP contribution in [0.15, 0.2) is 48.5 Å². The molecule has 4 nitrogen and oxygen atoms in total. The van der Waals surface area contributed by atoms with Crippen LogP contribution in [-0.4, -0.2) is 40.4 Å². The van der Waals surface area contributed by atoms with Crippen molar-refractivity contribution < 1.29 is 14.6 Å². The molecular weight excluding hydrogens is 398 g/mol. The van der Waals surface area contributed by atoms with Crippen LogP contribution in [0.3, 0.4) is 0 Å². The summed E-state index contributed by atoms with van der Waals surface area (Å²) in [7, 11) is 0. The molecule has 0 spiro atoms. The molecule has 2 fully saturated rings. The first-order valence-electron chi connectivity index (χ1n) is 12.3. The monoisotopic (exact) mass is 433 g/mol. The molecule has 0 aromatic heterocycles. The predicted octanol–water partition coefficient (Wildman–Crippen LogP) is 6.12. The van der Waals surface area contributed by atoms with E-state index in [4.69, 9.17) is 4.74 Å². The highest BCUT2D eigenvalue weighted by molar-refractivity contribution is 5.79. The summed E-state index contributed by atoms with van der Waals surface area (Å²) in [6, 6.07) is 17.1. The lowest BCUT2D eigenvalue weighted by Crippen LogP contribution is -2.60. The average molecular weight is 434 g/mol. The lowest BCUT2D eigenvalue weighted by Gasteiger charge is -2.51. The van der Waals surface area contributed by atoms with Crippen molar-refractivity contribution in [3.8, 4) is 11.1 Å². The largest absolute Gasteiger partial charge is 0.448 e. The average Bonchev–Trinajstić information content (AvgIpc) is 3.09. The molecule has 1 N–H and O–H groups in total. The molecule has 2 atom stereocenters. The van der Waals surface area contributed by atoms with Crippen molar-refractivity contribution in [1.29, 1.82) is 0 Å². The van der Waals surface area contributed by atoms with Crippen molar-refractivity contribution in [2.75, 3.05) is 6.61 Å². The number of ether oxygens (including phenoxy) is 1. The molecule has 2 unspecified atom stereocenters. The van der Waals surface area contributed by atoms with Gasteiger partial charge < -0.3 is 14.7 Å². The van der Waals surface area contributed by atoms with Gasteiger partial charge in [0.15, 0.2) is 0 Å². The van der Waals surface area contributed by atoms with Gasteiger partial charge in [0.25, 0.3) is 0 Å². The molecule has 170 valence electrons. The van der Waals surface area contributed by atoms with Crippen LogP contribution < -0.4 is 0 Å². The van der Waals surface area contributed by atoms with E-state index >= 15 is 0 Å². The van der Waals surface area contributed by atoms with E-state index in [1.807, 2.05) is 4.90 Å². The van der Waals surface area contributed by atoms with Crippen molar-refractivity contribution >= 4 is 6.09 Å². The summed E-state index contributed by atoms with van der Waals surface area (Å²) in [6.07, 6.45) is 6.07. The molecule has 1 amide bonds. The first-order chi connectivity index (χ1) is 15.5. The van der Waals surface area contributed by atoms with Crippen molar-refractivity contribution in [2.45, 2.75) is 82.4 Å². The van der Waals surface area contributed by atoms with E-state index in [2.05, 4.69) is 62.4 Å². The molecular formula is C28H35NO3. The standard InChI is InChI=1S/C28H35NO3/c1-19(2)14-15-28(31)16-20-8-7-9-21(17-28)29(20)27(30)32-18-26-24-12-5-3-10-22(24)23-11-4-6-13-25(23)26/h3-6,10-13,19-21,26,31H,7-9,14-18H2,1-2H3. The Morgan fingerprint density at radius 1 is 1.03 bits per heavy atom. The Bertz CT molecular complexity index is 925. The van der Waals surface area contributed by atoms with E-state index in [1.54, 1.807) is 0 Å². The van der Waals surface area contributed by atoms with E-state index in [-0.39, 0.29) is 24.1 Å². The highest BCUT2D eigenvalue weighted by Gasteiger charge is 2.47. The summed E-state index contributed by atoms with van der Waals surface area (Å²) in [5.41, 5.74) is 4.33. The lowest BCUT2D eigenvalue weighted by molar-refractivity contribution is -0.0903. The fraction of sp³-hybridized carbons (Fsp3) is 0.536. The Kier molecular flexibility index (Phi) is 5.75. The molecule has 1 aliphatic carbocycles. The minimum absolute atomic E-state index is 0.0824. The Hall–Kier alpha value is -2.33. The molecule has 5 rings (SSSR count). The number of nitrogens with zero attached hydrogens (tertiary/aromatic N) is 1. The maximum absolute atomic E-state index is 13.3. The molecule has 0 radical (unpaired) electrons. The Balaban J connectivity index is 1.29. The van der Waals surface area contributed by atoms with Gasteiger partial charge >= 0.3 is 6.09 Å². The van der Waals surface area contributed by atoms with E-state index < -0.39 is 5.60 Å². The summed E-state index contributed by atoms with van der Waals surface area (Å²) in [4.78, 5) is 15.3. The van der Waals surface area contributed by atoms with Crippen LogP contribution in [0.2, 0.25) is 0 Å². The van der Waals surface area contributed by atoms with E-state index in [9.17, 15) is 9.90 Å². The van der Waals surface area contributed by atoms with Crippen molar-refractivity contribution in [1.82, 2.24) is 4.90 Å². The van der Waals surface area contributed by atoms with Gasteiger partial charge in [0.05, 0.1) is 5.60 Å². The number of fused-ring (bicyclic) bond motifs is 5. The number of amides is 1. The fourth-order valence-corrected chi connectivity index (χ4v) is 6.25. The van der Waals surface area contributed by atoms with Gasteiger partial charge in [-0.25, -0.2) is 4.79 Å². The highest BCUT2D eigenvalue weighted by Crippen LogP contribution is 2.45. The second-order valence-electron chi connectivity index (χ2n) is 10.5. The molecule has 2 bridgehead atoms.